The second kappa shape index (κ2) is 10.1. The Hall–Kier alpha value is -0.0897. The molecule has 0 fully saturated rings. The van der Waals surface area contributed by atoms with Gasteiger partial charge in [0.05, 0.1) is 0 Å². The fourth-order valence-corrected chi connectivity index (χ4v) is 2.94. The summed E-state index contributed by atoms with van der Waals surface area (Å²) in [6.45, 7) is 0. The van der Waals surface area contributed by atoms with Gasteiger partial charge in [-0.1, -0.05) is 0 Å². The van der Waals surface area contributed by atoms with Crippen LogP contribution in [0.2, 0.25) is 0 Å². The van der Waals surface area contributed by atoms with Crippen LogP contribution in [0, 0.1) is 0 Å². The molecule has 2 nitrogen and oxygen atoms in total. The molecule has 0 saturated carbocycles. The van der Waals surface area contributed by atoms with E-state index in [1.165, 1.54) is 7.82 Å². The molecule has 0 amide bonds. The van der Waals surface area contributed by atoms with Crippen LogP contribution in [0.25, 0.3) is 0 Å². The first-order valence-electron chi connectivity index (χ1n) is 3.99. The van der Waals surface area contributed by atoms with Crippen LogP contribution in [-0.4, -0.2) is 9.97 Å². The first-order chi connectivity index (χ1) is 6.45. The zero-order valence-corrected chi connectivity index (χ0v) is 12.6. The SMILES string of the molecule is [Cl-].[Cl-].[Cl-].c1cc[c]([Nb+3][c]2ccccn2)nc1. The molecule has 2 aromatic heterocycles. The second-order valence-electron chi connectivity index (χ2n) is 2.49. The maximum atomic E-state index is 4.30. The molecule has 0 aliphatic rings. The molecule has 0 saturated heterocycles. The number of pyridine rings is 2. The molecule has 0 spiro atoms. The molecule has 0 N–H and O–H groups in total. The van der Waals surface area contributed by atoms with Gasteiger partial charge in [-0.25, -0.2) is 0 Å². The average Bonchev–Trinajstić information content (AvgIpc) is 2.21. The number of aromatic nitrogens is 2. The molecular weight excluding hydrogens is 347 g/mol. The van der Waals surface area contributed by atoms with Crippen molar-refractivity contribution in [3.8, 4) is 0 Å². The van der Waals surface area contributed by atoms with Crippen LogP contribution < -0.4 is 45.0 Å². The van der Waals surface area contributed by atoms with E-state index in [1.54, 1.807) is 0 Å². The number of nitrogens with zero attached hydrogens (tertiary/aromatic N) is 2. The van der Waals surface area contributed by atoms with Gasteiger partial charge >= 0.3 is 86.3 Å². The molecule has 16 heavy (non-hydrogen) atoms. The quantitative estimate of drug-likeness (QED) is 0.500. The van der Waals surface area contributed by atoms with Gasteiger partial charge in [-0.3, -0.25) is 0 Å². The van der Waals surface area contributed by atoms with Crippen molar-refractivity contribution in [1.29, 1.82) is 0 Å². The van der Waals surface area contributed by atoms with Gasteiger partial charge in [0.15, 0.2) is 0 Å². The Morgan fingerprint density at radius 2 is 1.12 bits per heavy atom. The summed E-state index contributed by atoms with van der Waals surface area (Å²) in [6.07, 6.45) is 3.68. The van der Waals surface area contributed by atoms with Crippen LogP contribution in [0.4, 0.5) is 0 Å². The molecule has 0 bridgehead atoms. The van der Waals surface area contributed by atoms with E-state index in [2.05, 4.69) is 22.1 Å². The molecule has 84 valence electrons. The Bertz CT molecular complexity index is 335. The Balaban J connectivity index is 0. The van der Waals surface area contributed by atoms with Gasteiger partial charge in [0.2, 0.25) is 0 Å². The van der Waals surface area contributed by atoms with E-state index >= 15 is 0 Å². The Morgan fingerprint density at radius 3 is 1.44 bits per heavy atom. The first-order valence-corrected chi connectivity index (χ1v) is 6.19. The van der Waals surface area contributed by atoms with Gasteiger partial charge in [-0.15, -0.1) is 0 Å². The normalized spacial score (nSPS) is 7.50. The molecule has 0 aromatic carbocycles. The van der Waals surface area contributed by atoms with E-state index in [-0.39, 0.29) is 37.2 Å². The second-order valence-corrected chi connectivity index (χ2v) is 5.29. The van der Waals surface area contributed by atoms with E-state index < -0.39 is 19.8 Å². The van der Waals surface area contributed by atoms with E-state index in [0.717, 1.165) is 0 Å². The summed E-state index contributed by atoms with van der Waals surface area (Å²) in [5.41, 5.74) is 0. The number of halogens is 3. The van der Waals surface area contributed by atoms with Crippen LogP contribution in [0.15, 0.2) is 48.8 Å². The van der Waals surface area contributed by atoms with Crippen molar-refractivity contribution >= 4 is 7.82 Å². The summed E-state index contributed by atoms with van der Waals surface area (Å²) in [6, 6.07) is 12.1. The van der Waals surface area contributed by atoms with E-state index in [1.807, 2.05) is 36.7 Å². The van der Waals surface area contributed by atoms with Gasteiger partial charge in [-0.2, -0.15) is 0 Å². The zero-order chi connectivity index (χ0) is 8.93. The van der Waals surface area contributed by atoms with Gasteiger partial charge < -0.3 is 37.2 Å². The molecule has 2 rings (SSSR count). The summed E-state index contributed by atoms with van der Waals surface area (Å²) in [4.78, 5) is 8.60. The van der Waals surface area contributed by atoms with E-state index in [9.17, 15) is 0 Å². The molecular formula is C10H8Cl3N2Nb. The topological polar surface area (TPSA) is 25.8 Å². The number of rotatable bonds is 2. The minimum atomic E-state index is -0.557. The van der Waals surface area contributed by atoms with Crippen molar-refractivity contribution in [3.63, 3.8) is 0 Å². The van der Waals surface area contributed by atoms with Gasteiger partial charge in [0, 0.05) is 0 Å². The van der Waals surface area contributed by atoms with Gasteiger partial charge in [0.25, 0.3) is 0 Å². The summed E-state index contributed by atoms with van der Waals surface area (Å²) >= 11 is -0.557. The van der Waals surface area contributed by atoms with Crippen LogP contribution in [0.1, 0.15) is 0 Å². The average molecular weight is 355 g/mol. The third-order valence-corrected chi connectivity index (χ3v) is 3.95. The predicted molar refractivity (Wildman–Crippen MR) is 47.7 cm³/mol. The van der Waals surface area contributed by atoms with Crippen molar-refractivity contribution in [2.45, 2.75) is 0 Å². The number of hydrogen-bond acceptors (Lipinski definition) is 2. The summed E-state index contributed by atoms with van der Waals surface area (Å²) in [5.74, 6) is 0. The van der Waals surface area contributed by atoms with Crippen molar-refractivity contribution in [2.24, 2.45) is 0 Å². The summed E-state index contributed by atoms with van der Waals surface area (Å²) in [5, 5.41) is 0. The Labute approximate surface area is 123 Å². The fourth-order valence-electron chi connectivity index (χ4n) is 0.957. The van der Waals surface area contributed by atoms with Crippen LogP contribution in [0.5, 0.6) is 0 Å². The maximum absolute atomic E-state index is 4.30. The van der Waals surface area contributed by atoms with E-state index in [0.29, 0.717) is 0 Å². The number of hydrogen-bond donors (Lipinski definition) is 0. The molecule has 0 atom stereocenters. The van der Waals surface area contributed by atoms with Crippen LogP contribution in [-0.2, 0) is 19.8 Å². The van der Waals surface area contributed by atoms with Crippen molar-refractivity contribution in [2.75, 3.05) is 0 Å². The van der Waals surface area contributed by atoms with Crippen LogP contribution in [0.3, 0.4) is 0 Å². The van der Waals surface area contributed by atoms with Gasteiger partial charge in [0.1, 0.15) is 0 Å². The third kappa shape index (κ3) is 5.85. The van der Waals surface area contributed by atoms with Gasteiger partial charge in [-0.05, 0) is 0 Å². The molecule has 2 heterocycles. The first kappa shape index (κ1) is 18.3. The zero-order valence-electron chi connectivity index (χ0n) is 8.09. The molecule has 0 aliphatic heterocycles. The van der Waals surface area contributed by atoms with Crippen molar-refractivity contribution in [3.05, 3.63) is 48.8 Å². The molecule has 0 aliphatic carbocycles. The molecule has 0 radical (unpaired) electrons. The fraction of sp³-hybridized carbons (Fsp3) is 0. The Morgan fingerprint density at radius 1 is 0.688 bits per heavy atom. The van der Waals surface area contributed by atoms with Crippen LogP contribution >= 0.6 is 0 Å². The standard InChI is InChI=1S/2C5H4N.3ClH.Nb/c2*1-2-4-6-5-3-1;;;;/h2*1-4H;3*1H;/q;;;;;+3/p-3. The monoisotopic (exact) mass is 354 g/mol. The third-order valence-electron chi connectivity index (χ3n) is 1.53. The predicted octanol–water partition coefficient (Wildman–Crippen LogP) is -8.48. The molecule has 6 heteroatoms. The summed E-state index contributed by atoms with van der Waals surface area (Å²) in [7, 11) is 0. The van der Waals surface area contributed by atoms with E-state index in [4.69, 9.17) is 0 Å². The van der Waals surface area contributed by atoms with Crippen molar-refractivity contribution in [1.82, 2.24) is 9.97 Å². The molecule has 0 unspecified atom stereocenters. The Kier molecular flexibility index (Phi) is 11.5. The molecule has 2 aromatic rings. The van der Waals surface area contributed by atoms with Crippen molar-refractivity contribution < 1.29 is 57.0 Å². The summed E-state index contributed by atoms with van der Waals surface area (Å²) < 4.78 is 2.41. The minimum absolute atomic E-state index is 0.